The van der Waals surface area contributed by atoms with Crippen LogP contribution in [0.1, 0.15) is 30.4 Å². The second-order valence-electron chi connectivity index (χ2n) is 3.18. The zero-order valence-corrected chi connectivity index (χ0v) is 8.09. The fourth-order valence-electron chi connectivity index (χ4n) is 1.56. The summed E-state index contributed by atoms with van der Waals surface area (Å²) in [7, 11) is 0. The van der Waals surface area contributed by atoms with Crippen molar-refractivity contribution in [3.63, 3.8) is 0 Å². The highest BCUT2D eigenvalue weighted by Crippen LogP contribution is 2.27. The zero-order valence-electron chi connectivity index (χ0n) is 7.33. The van der Waals surface area contributed by atoms with E-state index in [-0.39, 0.29) is 0 Å². The highest BCUT2D eigenvalue weighted by Gasteiger charge is 2.19. The SMILES string of the molecule is ClCc1ncc(C2CCOCC2)o1. The largest absolute Gasteiger partial charge is 0.444 e. The molecule has 0 aliphatic carbocycles. The van der Waals surface area contributed by atoms with Crippen molar-refractivity contribution in [2.24, 2.45) is 0 Å². The van der Waals surface area contributed by atoms with Gasteiger partial charge in [0.15, 0.2) is 0 Å². The first-order valence-electron chi connectivity index (χ1n) is 4.48. The van der Waals surface area contributed by atoms with Crippen LogP contribution in [0.25, 0.3) is 0 Å². The Morgan fingerprint density at radius 3 is 2.85 bits per heavy atom. The van der Waals surface area contributed by atoms with Gasteiger partial charge in [-0.2, -0.15) is 0 Å². The molecule has 0 spiro atoms. The number of ether oxygens (including phenoxy) is 1. The summed E-state index contributed by atoms with van der Waals surface area (Å²) in [5.74, 6) is 2.39. The van der Waals surface area contributed by atoms with E-state index in [1.165, 1.54) is 0 Å². The predicted octanol–water partition coefficient (Wildman–Crippen LogP) is 2.31. The fourth-order valence-corrected chi connectivity index (χ4v) is 1.68. The Bertz CT molecular complexity index is 268. The Morgan fingerprint density at radius 2 is 2.23 bits per heavy atom. The standard InChI is InChI=1S/C9H12ClNO2/c10-5-9-11-6-8(13-9)7-1-3-12-4-2-7/h6-7H,1-5H2. The van der Waals surface area contributed by atoms with E-state index >= 15 is 0 Å². The summed E-state index contributed by atoms with van der Waals surface area (Å²) in [6, 6.07) is 0. The van der Waals surface area contributed by atoms with Gasteiger partial charge in [-0.15, -0.1) is 11.6 Å². The van der Waals surface area contributed by atoms with Crippen LogP contribution in [0.5, 0.6) is 0 Å². The van der Waals surface area contributed by atoms with Gasteiger partial charge in [0.25, 0.3) is 0 Å². The van der Waals surface area contributed by atoms with Crippen molar-refractivity contribution < 1.29 is 9.15 Å². The van der Waals surface area contributed by atoms with E-state index in [0.717, 1.165) is 31.8 Å². The quantitative estimate of drug-likeness (QED) is 0.689. The molecule has 4 heteroatoms. The minimum absolute atomic E-state index is 0.350. The van der Waals surface area contributed by atoms with Crippen LogP contribution in [0.2, 0.25) is 0 Å². The van der Waals surface area contributed by atoms with Crippen LogP contribution in [0.3, 0.4) is 0 Å². The fraction of sp³-hybridized carbons (Fsp3) is 0.667. The lowest BCUT2D eigenvalue weighted by Gasteiger charge is -2.19. The van der Waals surface area contributed by atoms with Crippen molar-refractivity contribution in [2.75, 3.05) is 13.2 Å². The summed E-state index contributed by atoms with van der Waals surface area (Å²) < 4.78 is 10.7. The van der Waals surface area contributed by atoms with Crippen molar-refractivity contribution in [1.29, 1.82) is 0 Å². The van der Waals surface area contributed by atoms with E-state index in [1.807, 2.05) is 0 Å². The number of hydrogen-bond donors (Lipinski definition) is 0. The van der Waals surface area contributed by atoms with Crippen LogP contribution in [-0.4, -0.2) is 18.2 Å². The molecule has 72 valence electrons. The average Bonchev–Trinajstić information content (AvgIpc) is 2.67. The highest BCUT2D eigenvalue weighted by atomic mass is 35.5. The molecule has 0 amide bonds. The van der Waals surface area contributed by atoms with E-state index in [4.69, 9.17) is 20.8 Å². The van der Waals surface area contributed by atoms with Gasteiger partial charge in [-0.1, -0.05) is 0 Å². The van der Waals surface area contributed by atoms with Gasteiger partial charge < -0.3 is 9.15 Å². The minimum atomic E-state index is 0.350. The number of oxazole rings is 1. The minimum Gasteiger partial charge on any atom is -0.444 e. The molecule has 1 aromatic rings. The van der Waals surface area contributed by atoms with E-state index in [9.17, 15) is 0 Å². The summed E-state index contributed by atoms with van der Waals surface area (Å²) in [4.78, 5) is 4.07. The molecule has 1 aliphatic heterocycles. The molecule has 1 fully saturated rings. The molecule has 0 bridgehead atoms. The molecular weight excluding hydrogens is 190 g/mol. The summed E-state index contributed by atoms with van der Waals surface area (Å²) >= 11 is 5.60. The maximum atomic E-state index is 5.60. The Hall–Kier alpha value is -0.540. The van der Waals surface area contributed by atoms with Gasteiger partial charge in [0.1, 0.15) is 5.76 Å². The molecule has 0 radical (unpaired) electrons. The third kappa shape index (κ3) is 2.03. The lowest BCUT2D eigenvalue weighted by molar-refractivity contribution is 0.0804. The van der Waals surface area contributed by atoms with Crippen molar-refractivity contribution in [3.8, 4) is 0 Å². The third-order valence-corrected chi connectivity index (χ3v) is 2.54. The molecule has 1 aliphatic rings. The molecule has 2 rings (SSSR count). The van der Waals surface area contributed by atoms with Crippen molar-refractivity contribution in [1.82, 2.24) is 4.98 Å². The van der Waals surface area contributed by atoms with Gasteiger partial charge in [0, 0.05) is 19.1 Å². The average molecular weight is 202 g/mol. The smallest absolute Gasteiger partial charge is 0.209 e. The van der Waals surface area contributed by atoms with Gasteiger partial charge >= 0.3 is 0 Å². The van der Waals surface area contributed by atoms with Gasteiger partial charge in [-0.25, -0.2) is 4.98 Å². The van der Waals surface area contributed by atoms with E-state index in [2.05, 4.69) is 4.98 Å². The normalized spacial score (nSPS) is 19.2. The van der Waals surface area contributed by atoms with Crippen molar-refractivity contribution in [3.05, 3.63) is 17.8 Å². The summed E-state index contributed by atoms with van der Waals surface area (Å²) in [6.45, 7) is 1.64. The van der Waals surface area contributed by atoms with Crippen LogP contribution in [0, 0.1) is 0 Å². The topological polar surface area (TPSA) is 35.3 Å². The Kier molecular flexibility index (Phi) is 2.86. The molecule has 0 atom stereocenters. The first-order valence-corrected chi connectivity index (χ1v) is 5.02. The molecule has 3 nitrogen and oxygen atoms in total. The van der Waals surface area contributed by atoms with Gasteiger partial charge in [0.2, 0.25) is 5.89 Å². The van der Waals surface area contributed by atoms with Crippen LogP contribution in [0.15, 0.2) is 10.6 Å². The zero-order chi connectivity index (χ0) is 9.10. The molecule has 1 aromatic heterocycles. The molecule has 0 unspecified atom stereocenters. The highest BCUT2D eigenvalue weighted by molar-refractivity contribution is 6.16. The summed E-state index contributed by atoms with van der Waals surface area (Å²) in [5.41, 5.74) is 0. The lowest BCUT2D eigenvalue weighted by atomic mass is 9.98. The Balaban J connectivity index is 2.05. The summed E-state index contributed by atoms with van der Waals surface area (Å²) in [6.07, 6.45) is 3.83. The van der Waals surface area contributed by atoms with Gasteiger partial charge in [0.05, 0.1) is 12.1 Å². The number of hydrogen-bond acceptors (Lipinski definition) is 3. The second kappa shape index (κ2) is 4.11. The molecule has 0 aromatic carbocycles. The van der Waals surface area contributed by atoms with Crippen LogP contribution >= 0.6 is 11.6 Å². The molecule has 1 saturated heterocycles. The number of alkyl halides is 1. The molecule has 13 heavy (non-hydrogen) atoms. The maximum Gasteiger partial charge on any atom is 0.209 e. The first kappa shape index (κ1) is 9.03. The van der Waals surface area contributed by atoms with Crippen LogP contribution in [0.4, 0.5) is 0 Å². The lowest BCUT2D eigenvalue weighted by Crippen LogP contribution is -2.13. The van der Waals surface area contributed by atoms with Gasteiger partial charge in [-0.05, 0) is 12.8 Å². The second-order valence-corrected chi connectivity index (χ2v) is 3.44. The van der Waals surface area contributed by atoms with Crippen molar-refractivity contribution >= 4 is 11.6 Å². The Labute approximate surface area is 82.0 Å². The van der Waals surface area contributed by atoms with Crippen molar-refractivity contribution in [2.45, 2.75) is 24.6 Å². The number of halogens is 1. The van der Waals surface area contributed by atoms with E-state index in [0.29, 0.717) is 17.7 Å². The van der Waals surface area contributed by atoms with Gasteiger partial charge in [-0.3, -0.25) is 0 Å². The number of rotatable bonds is 2. The maximum absolute atomic E-state index is 5.60. The monoisotopic (exact) mass is 201 g/mol. The molecule has 0 N–H and O–H groups in total. The third-order valence-electron chi connectivity index (χ3n) is 2.31. The predicted molar refractivity (Wildman–Crippen MR) is 48.9 cm³/mol. The molecule has 0 saturated carbocycles. The number of aromatic nitrogens is 1. The van der Waals surface area contributed by atoms with Crippen LogP contribution in [-0.2, 0) is 10.6 Å². The van der Waals surface area contributed by atoms with E-state index in [1.54, 1.807) is 6.20 Å². The summed E-state index contributed by atoms with van der Waals surface area (Å²) in [5, 5.41) is 0. The number of nitrogens with zero attached hydrogens (tertiary/aromatic N) is 1. The molecule has 2 heterocycles. The molecular formula is C9H12ClNO2. The van der Waals surface area contributed by atoms with E-state index < -0.39 is 0 Å². The Morgan fingerprint density at radius 1 is 1.46 bits per heavy atom. The first-order chi connectivity index (χ1) is 6.40. The van der Waals surface area contributed by atoms with Crippen LogP contribution < -0.4 is 0 Å².